The minimum Gasteiger partial charge on any atom is -0.413 e. The van der Waals surface area contributed by atoms with E-state index in [0.717, 1.165) is 24.0 Å². The van der Waals surface area contributed by atoms with Crippen molar-refractivity contribution in [3.63, 3.8) is 0 Å². The summed E-state index contributed by atoms with van der Waals surface area (Å²) in [6, 6.07) is 0. The highest BCUT2D eigenvalue weighted by Gasteiger charge is 2.37. The monoisotopic (exact) mass is 444 g/mol. The maximum absolute atomic E-state index is 11.3. The van der Waals surface area contributed by atoms with Crippen LogP contribution in [0.15, 0.2) is 23.3 Å². The molecule has 27 heavy (non-hydrogen) atoms. The molecule has 0 aromatic rings. The molecule has 0 saturated carbocycles. The van der Waals surface area contributed by atoms with Crippen LogP contribution in [0.5, 0.6) is 0 Å². The number of phosphoric acid groups is 2. The van der Waals surface area contributed by atoms with Gasteiger partial charge in [0.25, 0.3) is 0 Å². The van der Waals surface area contributed by atoms with Gasteiger partial charge in [0.2, 0.25) is 0 Å². The van der Waals surface area contributed by atoms with E-state index < -0.39 is 24.0 Å². The van der Waals surface area contributed by atoms with E-state index in [-0.39, 0.29) is 11.6 Å². The maximum Gasteiger partial charge on any atom is 0.481 e. The average molecular weight is 444 g/mol. The summed E-state index contributed by atoms with van der Waals surface area (Å²) < 4.78 is 36.2. The third-order valence-corrected chi connectivity index (χ3v) is 11.0. The number of hydrogen-bond donors (Lipinski definition) is 3. The molecule has 1 atom stereocenters. The summed E-state index contributed by atoms with van der Waals surface area (Å²) >= 11 is 0. The quantitative estimate of drug-likeness (QED) is 0.233. The molecule has 0 saturated heterocycles. The molecule has 8 nitrogen and oxygen atoms in total. The highest BCUT2D eigenvalue weighted by molar-refractivity contribution is 7.60. The summed E-state index contributed by atoms with van der Waals surface area (Å²) in [5.74, 6) is 0. The molecule has 0 aliphatic heterocycles. The van der Waals surface area contributed by atoms with Crippen LogP contribution in [0.25, 0.3) is 0 Å². The van der Waals surface area contributed by atoms with Crippen molar-refractivity contribution in [1.82, 2.24) is 0 Å². The standard InChI is InChI=1S/C16H34O8P2Si/c1-14(11-12-22-26(20,21)24-25(17,18)19)9-8-10-15(2)13-23-27(6,7)16(3,4)5/h10-11H,8-9,12-13H2,1-7H3,(H,20,21)(H2,17,18,19)/b14-11+,15-10+. The summed E-state index contributed by atoms with van der Waals surface area (Å²) in [5, 5.41) is 0.169. The van der Waals surface area contributed by atoms with Gasteiger partial charge in [0.1, 0.15) is 0 Å². The molecule has 0 spiro atoms. The predicted molar refractivity (Wildman–Crippen MR) is 109 cm³/mol. The summed E-state index contributed by atoms with van der Waals surface area (Å²) in [4.78, 5) is 26.2. The number of rotatable bonds is 11. The van der Waals surface area contributed by atoms with Gasteiger partial charge >= 0.3 is 15.6 Å². The van der Waals surface area contributed by atoms with Gasteiger partial charge in [-0.25, -0.2) is 9.13 Å². The Morgan fingerprint density at radius 1 is 1.04 bits per heavy atom. The van der Waals surface area contributed by atoms with Crippen LogP contribution in [0, 0.1) is 0 Å². The van der Waals surface area contributed by atoms with Crippen LogP contribution in [0.1, 0.15) is 47.5 Å². The lowest BCUT2D eigenvalue weighted by atomic mass is 10.1. The predicted octanol–water partition coefficient (Wildman–Crippen LogP) is 4.91. The van der Waals surface area contributed by atoms with Gasteiger partial charge in [0.05, 0.1) is 13.2 Å². The Morgan fingerprint density at radius 2 is 1.59 bits per heavy atom. The lowest BCUT2D eigenvalue weighted by molar-refractivity contribution is 0.191. The highest BCUT2D eigenvalue weighted by Crippen LogP contribution is 2.57. The van der Waals surface area contributed by atoms with Gasteiger partial charge in [0.15, 0.2) is 8.32 Å². The second kappa shape index (κ2) is 10.6. The molecule has 0 aromatic carbocycles. The molecule has 0 aromatic heterocycles. The molecular formula is C16H34O8P2Si. The van der Waals surface area contributed by atoms with E-state index >= 15 is 0 Å². The highest BCUT2D eigenvalue weighted by atomic mass is 31.3. The second-order valence-electron chi connectivity index (χ2n) is 8.03. The van der Waals surface area contributed by atoms with Gasteiger partial charge in [0, 0.05) is 0 Å². The molecule has 160 valence electrons. The van der Waals surface area contributed by atoms with Crippen molar-refractivity contribution in [2.75, 3.05) is 13.2 Å². The van der Waals surface area contributed by atoms with Gasteiger partial charge in [-0.05, 0) is 44.8 Å². The van der Waals surface area contributed by atoms with Crippen molar-refractivity contribution in [2.45, 2.75) is 65.6 Å². The lowest BCUT2D eigenvalue weighted by Gasteiger charge is -2.36. The Labute approximate surface area is 163 Å². The van der Waals surface area contributed by atoms with E-state index in [2.05, 4.69) is 48.8 Å². The van der Waals surface area contributed by atoms with Crippen molar-refractivity contribution >= 4 is 24.0 Å². The van der Waals surface area contributed by atoms with E-state index in [4.69, 9.17) is 19.1 Å². The smallest absolute Gasteiger partial charge is 0.413 e. The van der Waals surface area contributed by atoms with Gasteiger partial charge in [-0.3, -0.25) is 4.52 Å². The van der Waals surface area contributed by atoms with Crippen LogP contribution >= 0.6 is 15.6 Å². The fourth-order valence-electron chi connectivity index (χ4n) is 1.65. The van der Waals surface area contributed by atoms with Crippen molar-refractivity contribution in [2.24, 2.45) is 0 Å². The first-order valence-electron chi connectivity index (χ1n) is 8.65. The zero-order chi connectivity index (χ0) is 21.5. The Bertz CT molecular complexity index is 631. The Kier molecular flexibility index (Phi) is 10.6. The first-order chi connectivity index (χ1) is 12.0. The Morgan fingerprint density at radius 3 is 2.07 bits per heavy atom. The first kappa shape index (κ1) is 26.9. The summed E-state index contributed by atoms with van der Waals surface area (Å²) in [6.45, 7) is 15.2. The van der Waals surface area contributed by atoms with E-state index in [1.165, 1.54) is 0 Å². The fraction of sp³-hybridized carbons (Fsp3) is 0.750. The molecule has 11 heteroatoms. The lowest BCUT2D eigenvalue weighted by Crippen LogP contribution is -2.41. The van der Waals surface area contributed by atoms with E-state index in [0.29, 0.717) is 6.61 Å². The summed E-state index contributed by atoms with van der Waals surface area (Å²) in [7, 11) is -11.6. The topological polar surface area (TPSA) is 123 Å². The molecule has 1 unspecified atom stereocenters. The molecule has 0 rings (SSSR count). The van der Waals surface area contributed by atoms with Crippen LogP contribution in [0.4, 0.5) is 0 Å². The number of hydrogen-bond acceptors (Lipinski definition) is 5. The van der Waals surface area contributed by atoms with Gasteiger partial charge in [-0.2, -0.15) is 4.31 Å². The minimum atomic E-state index is -5.08. The third-order valence-electron chi connectivity index (χ3n) is 4.38. The van der Waals surface area contributed by atoms with Crippen LogP contribution in [-0.4, -0.2) is 36.2 Å². The Hall–Kier alpha value is -0.0831. The normalized spacial score (nSPS) is 17.1. The van der Waals surface area contributed by atoms with Crippen LogP contribution < -0.4 is 0 Å². The second-order valence-corrected chi connectivity index (χ2v) is 15.7. The number of phosphoric ester groups is 1. The molecular weight excluding hydrogens is 410 g/mol. The SMILES string of the molecule is C/C(=C\COP(=O)(O)OP(=O)(O)O)CC/C=C(\C)CO[Si](C)(C)C(C)(C)C. The molecule has 0 bridgehead atoms. The largest absolute Gasteiger partial charge is 0.481 e. The van der Waals surface area contributed by atoms with Crippen molar-refractivity contribution in [3.05, 3.63) is 23.3 Å². The van der Waals surface area contributed by atoms with Gasteiger partial charge in [-0.1, -0.05) is 44.1 Å². The molecule has 3 N–H and O–H groups in total. The zero-order valence-corrected chi connectivity index (χ0v) is 20.0. The van der Waals surface area contributed by atoms with E-state index in [1.807, 2.05) is 13.8 Å². The van der Waals surface area contributed by atoms with Crippen LogP contribution in [0.2, 0.25) is 18.1 Å². The molecule has 0 amide bonds. The van der Waals surface area contributed by atoms with Crippen LogP contribution in [-0.2, 0) is 22.4 Å². The van der Waals surface area contributed by atoms with E-state index in [1.54, 1.807) is 6.08 Å². The maximum atomic E-state index is 11.3. The average Bonchev–Trinajstić information content (AvgIpc) is 2.41. The van der Waals surface area contributed by atoms with Gasteiger partial charge < -0.3 is 19.1 Å². The molecule has 0 aliphatic rings. The zero-order valence-electron chi connectivity index (χ0n) is 17.3. The molecule has 0 radical (unpaired) electrons. The molecule has 0 heterocycles. The summed E-state index contributed by atoms with van der Waals surface area (Å²) in [5.41, 5.74) is 2.07. The molecule has 0 aliphatic carbocycles. The Balaban J connectivity index is 4.36. The first-order valence-corrected chi connectivity index (χ1v) is 14.6. The third kappa shape index (κ3) is 12.9. The minimum absolute atomic E-state index is 0.169. The fourth-order valence-corrected chi connectivity index (χ4v) is 4.20. The summed E-state index contributed by atoms with van der Waals surface area (Å²) in [6.07, 6.45) is 5.17. The van der Waals surface area contributed by atoms with Gasteiger partial charge in [-0.15, -0.1) is 0 Å². The van der Waals surface area contributed by atoms with Crippen molar-refractivity contribution < 1.29 is 37.1 Å². The molecule has 0 fully saturated rings. The van der Waals surface area contributed by atoms with E-state index in [9.17, 15) is 9.13 Å². The number of allylic oxidation sites excluding steroid dienone is 2. The van der Waals surface area contributed by atoms with Crippen molar-refractivity contribution in [3.8, 4) is 0 Å². The van der Waals surface area contributed by atoms with Crippen molar-refractivity contribution in [1.29, 1.82) is 0 Å². The van der Waals surface area contributed by atoms with Crippen LogP contribution in [0.3, 0.4) is 0 Å².